The maximum Gasteiger partial charge on any atom is 0.270 e. The Labute approximate surface area is 165 Å². The van der Waals surface area contributed by atoms with Gasteiger partial charge in [0.25, 0.3) is 5.91 Å². The quantitative estimate of drug-likeness (QED) is 0.712. The maximum atomic E-state index is 12.9. The second kappa shape index (κ2) is 8.44. The highest BCUT2D eigenvalue weighted by molar-refractivity contribution is 5.94. The molecule has 1 amide bonds. The lowest BCUT2D eigenvalue weighted by Gasteiger charge is -2.30. The Hall–Kier alpha value is -2.86. The van der Waals surface area contributed by atoms with E-state index in [-0.39, 0.29) is 5.91 Å². The summed E-state index contributed by atoms with van der Waals surface area (Å²) in [6.07, 6.45) is 4.15. The SMILES string of the molecule is CC1CCCN(CCNC(=O)c2cc(-c3ccco3)nn2-c2ccccc2)C1. The van der Waals surface area contributed by atoms with Crippen molar-refractivity contribution in [2.45, 2.75) is 19.8 Å². The van der Waals surface area contributed by atoms with E-state index >= 15 is 0 Å². The van der Waals surface area contributed by atoms with Gasteiger partial charge in [-0.2, -0.15) is 5.10 Å². The van der Waals surface area contributed by atoms with Gasteiger partial charge in [0.2, 0.25) is 0 Å². The van der Waals surface area contributed by atoms with Crippen LogP contribution in [0.2, 0.25) is 0 Å². The summed E-state index contributed by atoms with van der Waals surface area (Å²) < 4.78 is 7.14. The number of nitrogens with one attached hydrogen (secondary N) is 1. The van der Waals surface area contributed by atoms with E-state index in [1.54, 1.807) is 17.0 Å². The molecule has 6 nitrogen and oxygen atoms in total. The number of amides is 1. The number of carbonyl (C=O) groups excluding carboxylic acids is 1. The summed E-state index contributed by atoms with van der Waals surface area (Å²) >= 11 is 0. The van der Waals surface area contributed by atoms with E-state index in [4.69, 9.17) is 4.42 Å². The van der Waals surface area contributed by atoms with Crippen molar-refractivity contribution in [3.8, 4) is 17.1 Å². The fraction of sp³-hybridized carbons (Fsp3) is 0.364. The van der Waals surface area contributed by atoms with Gasteiger partial charge in [0.1, 0.15) is 11.4 Å². The van der Waals surface area contributed by atoms with Crippen molar-refractivity contribution in [1.82, 2.24) is 20.0 Å². The third-order valence-corrected chi connectivity index (χ3v) is 5.17. The molecule has 1 aromatic carbocycles. The van der Waals surface area contributed by atoms with Crippen LogP contribution in [0.1, 0.15) is 30.3 Å². The van der Waals surface area contributed by atoms with Gasteiger partial charge >= 0.3 is 0 Å². The number of para-hydroxylation sites is 1. The fourth-order valence-corrected chi connectivity index (χ4v) is 3.76. The van der Waals surface area contributed by atoms with Gasteiger partial charge in [-0.3, -0.25) is 4.79 Å². The zero-order valence-corrected chi connectivity index (χ0v) is 16.2. The first-order chi connectivity index (χ1) is 13.7. The Balaban J connectivity index is 1.50. The lowest BCUT2D eigenvalue weighted by molar-refractivity contribution is 0.0936. The smallest absolute Gasteiger partial charge is 0.270 e. The highest BCUT2D eigenvalue weighted by Crippen LogP contribution is 2.22. The van der Waals surface area contributed by atoms with Crippen LogP contribution in [0.15, 0.2) is 59.2 Å². The molecular weight excluding hydrogens is 352 g/mol. The Kier molecular flexibility index (Phi) is 5.58. The van der Waals surface area contributed by atoms with E-state index in [0.717, 1.165) is 31.2 Å². The maximum absolute atomic E-state index is 12.9. The van der Waals surface area contributed by atoms with Crippen LogP contribution in [0.25, 0.3) is 17.1 Å². The van der Waals surface area contributed by atoms with Crippen molar-refractivity contribution in [1.29, 1.82) is 0 Å². The van der Waals surface area contributed by atoms with Gasteiger partial charge in [-0.05, 0) is 49.6 Å². The number of furan rings is 1. The van der Waals surface area contributed by atoms with E-state index in [2.05, 4.69) is 22.2 Å². The van der Waals surface area contributed by atoms with Crippen molar-refractivity contribution < 1.29 is 9.21 Å². The first-order valence-electron chi connectivity index (χ1n) is 9.90. The molecule has 4 rings (SSSR count). The molecule has 0 spiro atoms. The zero-order chi connectivity index (χ0) is 19.3. The second-order valence-electron chi connectivity index (χ2n) is 7.44. The number of benzene rings is 1. The van der Waals surface area contributed by atoms with Crippen LogP contribution in [-0.4, -0.2) is 46.8 Å². The molecule has 1 aliphatic heterocycles. The van der Waals surface area contributed by atoms with E-state index in [9.17, 15) is 4.79 Å². The highest BCUT2D eigenvalue weighted by atomic mass is 16.3. The predicted molar refractivity (Wildman–Crippen MR) is 108 cm³/mol. The third-order valence-electron chi connectivity index (χ3n) is 5.17. The minimum atomic E-state index is -0.126. The molecule has 28 heavy (non-hydrogen) atoms. The molecular formula is C22H26N4O2. The van der Waals surface area contributed by atoms with Gasteiger partial charge in [0.05, 0.1) is 12.0 Å². The summed E-state index contributed by atoms with van der Waals surface area (Å²) in [6.45, 7) is 6.02. The molecule has 1 unspecified atom stereocenters. The van der Waals surface area contributed by atoms with Gasteiger partial charge in [0.15, 0.2) is 5.76 Å². The van der Waals surface area contributed by atoms with Crippen LogP contribution >= 0.6 is 0 Å². The predicted octanol–water partition coefficient (Wildman–Crippen LogP) is 3.59. The van der Waals surface area contributed by atoms with Crippen LogP contribution in [0.5, 0.6) is 0 Å². The number of aromatic nitrogens is 2. The van der Waals surface area contributed by atoms with E-state index in [1.807, 2.05) is 42.5 Å². The topological polar surface area (TPSA) is 63.3 Å². The van der Waals surface area contributed by atoms with E-state index < -0.39 is 0 Å². The molecule has 3 heterocycles. The van der Waals surface area contributed by atoms with Gasteiger partial charge in [-0.25, -0.2) is 4.68 Å². The normalized spacial score (nSPS) is 17.5. The van der Waals surface area contributed by atoms with E-state index in [0.29, 0.717) is 23.7 Å². The summed E-state index contributed by atoms with van der Waals surface area (Å²) in [5.74, 6) is 1.25. The Bertz CT molecular complexity index is 902. The summed E-state index contributed by atoms with van der Waals surface area (Å²) in [7, 11) is 0. The number of nitrogens with zero attached hydrogens (tertiary/aromatic N) is 3. The summed E-state index contributed by atoms with van der Waals surface area (Å²) in [5, 5.41) is 7.66. The van der Waals surface area contributed by atoms with Crippen LogP contribution in [-0.2, 0) is 0 Å². The van der Waals surface area contributed by atoms with Gasteiger partial charge in [0, 0.05) is 25.7 Å². The molecule has 0 aliphatic carbocycles. The van der Waals surface area contributed by atoms with E-state index in [1.165, 1.54) is 12.8 Å². The summed E-state index contributed by atoms with van der Waals surface area (Å²) in [4.78, 5) is 15.3. The lowest BCUT2D eigenvalue weighted by Crippen LogP contribution is -2.40. The van der Waals surface area contributed by atoms with Crippen LogP contribution in [0, 0.1) is 5.92 Å². The fourth-order valence-electron chi connectivity index (χ4n) is 3.76. The van der Waals surface area contributed by atoms with Crippen molar-refractivity contribution in [3.05, 3.63) is 60.5 Å². The average Bonchev–Trinajstić information content (AvgIpc) is 3.38. The highest BCUT2D eigenvalue weighted by Gasteiger charge is 2.20. The third kappa shape index (κ3) is 4.17. The molecule has 3 aromatic rings. The first kappa shape index (κ1) is 18.5. The summed E-state index contributed by atoms with van der Waals surface area (Å²) in [6, 6.07) is 15.1. The van der Waals surface area contributed by atoms with Gasteiger partial charge < -0.3 is 14.6 Å². The number of hydrogen-bond acceptors (Lipinski definition) is 4. The Morgan fingerprint density at radius 2 is 2.11 bits per heavy atom. The molecule has 1 aliphatic rings. The molecule has 0 bridgehead atoms. The molecule has 1 N–H and O–H groups in total. The second-order valence-corrected chi connectivity index (χ2v) is 7.44. The van der Waals surface area contributed by atoms with Crippen LogP contribution in [0.4, 0.5) is 0 Å². The van der Waals surface area contributed by atoms with Gasteiger partial charge in [-0.1, -0.05) is 25.1 Å². The average molecular weight is 378 g/mol. The molecule has 1 atom stereocenters. The Morgan fingerprint density at radius 3 is 2.86 bits per heavy atom. The molecule has 0 radical (unpaired) electrons. The molecule has 6 heteroatoms. The number of likely N-dealkylation sites (tertiary alicyclic amines) is 1. The summed E-state index contributed by atoms with van der Waals surface area (Å²) in [5.41, 5.74) is 1.99. The minimum absolute atomic E-state index is 0.126. The number of rotatable bonds is 6. The monoisotopic (exact) mass is 378 g/mol. The molecule has 1 saturated heterocycles. The number of carbonyl (C=O) groups is 1. The largest absolute Gasteiger partial charge is 0.463 e. The zero-order valence-electron chi connectivity index (χ0n) is 16.2. The molecule has 0 saturated carbocycles. The number of hydrogen-bond donors (Lipinski definition) is 1. The van der Waals surface area contributed by atoms with Gasteiger partial charge in [-0.15, -0.1) is 0 Å². The van der Waals surface area contributed by atoms with Crippen molar-refractivity contribution in [2.24, 2.45) is 5.92 Å². The standard InChI is InChI=1S/C22H26N4O2/c1-17-7-5-12-25(16-17)13-11-23-22(27)20-15-19(21-10-6-14-28-21)24-26(20)18-8-3-2-4-9-18/h2-4,6,8-10,14-15,17H,5,7,11-13,16H2,1H3,(H,23,27). The first-order valence-corrected chi connectivity index (χ1v) is 9.90. The lowest BCUT2D eigenvalue weighted by atomic mass is 10.0. The molecule has 146 valence electrons. The Morgan fingerprint density at radius 1 is 1.25 bits per heavy atom. The van der Waals surface area contributed by atoms with Crippen molar-refractivity contribution >= 4 is 5.91 Å². The van der Waals surface area contributed by atoms with Crippen LogP contribution < -0.4 is 5.32 Å². The van der Waals surface area contributed by atoms with Crippen molar-refractivity contribution in [3.63, 3.8) is 0 Å². The molecule has 1 fully saturated rings. The molecule has 2 aromatic heterocycles. The van der Waals surface area contributed by atoms with Crippen LogP contribution in [0.3, 0.4) is 0 Å². The minimum Gasteiger partial charge on any atom is -0.463 e. The van der Waals surface area contributed by atoms with Crippen molar-refractivity contribution in [2.75, 3.05) is 26.2 Å². The number of piperidine rings is 1.